The standard InChI is InChI=1S/C14H18O2Si/c1-17(2,3)13(11-14(15)16)10-9-12-7-5-4-6-8-12/h4-9H,11H2,1-3H3,(H,15,16). The monoisotopic (exact) mass is 246 g/mol. The van der Waals surface area contributed by atoms with Crippen molar-refractivity contribution in [2.75, 3.05) is 0 Å². The molecule has 0 aliphatic rings. The van der Waals surface area contributed by atoms with Crippen molar-refractivity contribution in [2.24, 2.45) is 0 Å². The fourth-order valence-corrected chi connectivity index (χ4v) is 2.59. The summed E-state index contributed by atoms with van der Waals surface area (Å²) < 4.78 is 0. The Balaban J connectivity index is 3.06. The first kappa shape index (κ1) is 13.5. The molecule has 0 aliphatic heterocycles. The van der Waals surface area contributed by atoms with Crippen LogP contribution in [0.25, 0.3) is 6.08 Å². The number of carbonyl (C=O) groups is 1. The summed E-state index contributed by atoms with van der Waals surface area (Å²) in [6, 6.07) is 9.83. The predicted octanol–water partition coefficient (Wildman–Crippen LogP) is 3.58. The molecule has 0 unspecified atom stereocenters. The maximum atomic E-state index is 10.8. The second-order valence-electron chi connectivity index (χ2n) is 5.00. The number of carboxylic acids is 1. The van der Waals surface area contributed by atoms with Crippen LogP contribution >= 0.6 is 0 Å². The molecule has 17 heavy (non-hydrogen) atoms. The minimum atomic E-state index is -1.61. The van der Waals surface area contributed by atoms with E-state index in [4.69, 9.17) is 5.11 Å². The van der Waals surface area contributed by atoms with Gasteiger partial charge in [0.15, 0.2) is 0 Å². The molecular weight excluding hydrogens is 228 g/mol. The van der Waals surface area contributed by atoms with Gasteiger partial charge in [0.2, 0.25) is 0 Å². The highest BCUT2D eigenvalue weighted by Gasteiger charge is 2.21. The first-order valence-electron chi connectivity index (χ1n) is 5.62. The molecule has 0 atom stereocenters. The second kappa shape index (κ2) is 5.67. The van der Waals surface area contributed by atoms with Crippen molar-refractivity contribution >= 4 is 20.1 Å². The Morgan fingerprint density at radius 1 is 1.29 bits per heavy atom. The molecule has 0 radical (unpaired) electrons. The Labute approximate surface area is 103 Å². The molecule has 90 valence electrons. The van der Waals surface area contributed by atoms with Gasteiger partial charge in [-0.15, -0.1) is 5.73 Å². The van der Waals surface area contributed by atoms with E-state index in [0.717, 1.165) is 10.8 Å². The van der Waals surface area contributed by atoms with E-state index in [0.29, 0.717) is 0 Å². The van der Waals surface area contributed by atoms with E-state index >= 15 is 0 Å². The highest BCUT2D eigenvalue weighted by atomic mass is 28.3. The lowest BCUT2D eigenvalue weighted by Gasteiger charge is -2.16. The molecule has 0 saturated carbocycles. The number of carboxylic acid groups (broad SMARTS) is 1. The third-order valence-corrected chi connectivity index (χ3v) is 4.58. The average Bonchev–Trinajstić information content (AvgIpc) is 2.23. The molecule has 0 saturated heterocycles. The zero-order valence-electron chi connectivity index (χ0n) is 10.5. The number of rotatable bonds is 4. The SMILES string of the molecule is C[Si](C)(C)C(=C=Cc1ccccc1)CC(=O)O. The van der Waals surface area contributed by atoms with Gasteiger partial charge in [-0.3, -0.25) is 4.79 Å². The van der Waals surface area contributed by atoms with Crippen LogP contribution in [0, 0.1) is 0 Å². The maximum Gasteiger partial charge on any atom is 0.307 e. The molecule has 1 aromatic carbocycles. The molecule has 0 bridgehead atoms. The molecule has 2 nitrogen and oxygen atoms in total. The van der Waals surface area contributed by atoms with E-state index in [9.17, 15) is 4.79 Å². The van der Waals surface area contributed by atoms with E-state index in [-0.39, 0.29) is 6.42 Å². The van der Waals surface area contributed by atoms with Crippen molar-refractivity contribution in [1.82, 2.24) is 0 Å². The zero-order valence-corrected chi connectivity index (χ0v) is 11.5. The Hall–Kier alpha value is -1.57. The number of benzene rings is 1. The number of aliphatic carboxylic acids is 1. The third-order valence-electron chi connectivity index (χ3n) is 2.45. The van der Waals surface area contributed by atoms with Crippen molar-refractivity contribution < 1.29 is 9.90 Å². The summed E-state index contributed by atoms with van der Waals surface area (Å²) in [5.41, 5.74) is 4.23. The minimum absolute atomic E-state index is 0.0963. The van der Waals surface area contributed by atoms with Crippen molar-refractivity contribution in [3.05, 3.63) is 46.8 Å². The number of hydrogen-bond donors (Lipinski definition) is 1. The molecule has 1 aromatic rings. The summed E-state index contributed by atoms with van der Waals surface area (Å²) in [5, 5.41) is 9.83. The predicted molar refractivity (Wildman–Crippen MR) is 73.5 cm³/mol. The molecular formula is C14H18O2Si. The first-order valence-corrected chi connectivity index (χ1v) is 9.12. The Kier molecular flexibility index (Phi) is 4.50. The quantitative estimate of drug-likeness (QED) is 0.651. The molecule has 0 heterocycles. The Bertz CT molecular complexity index is 449. The molecule has 0 aliphatic carbocycles. The van der Waals surface area contributed by atoms with Crippen molar-refractivity contribution in [3.8, 4) is 0 Å². The molecule has 0 fully saturated rings. The fraction of sp³-hybridized carbons (Fsp3) is 0.286. The largest absolute Gasteiger partial charge is 0.481 e. The van der Waals surface area contributed by atoms with Crippen LogP contribution in [-0.4, -0.2) is 19.1 Å². The average molecular weight is 246 g/mol. The van der Waals surface area contributed by atoms with Gasteiger partial charge < -0.3 is 5.11 Å². The fourth-order valence-electron chi connectivity index (χ4n) is 1.40. The maximum absolute atomic E-state index is 10.8. The topological polar surface area (TPSA) is 37.3 Å². The lowest BCUT2D eigenvalue weighted by atomic mass is 10.2. The normalized spacial score (nSPS) is 10.5. The van der Waals surface area contributed by atoms with Crippen LogP contribution in [0.1, 0.15) is 12.0 Å². The third kappa shape index (κ3) is 4.85. The second-order valence-corrected chi connectivity index (χ2v) is 10.1. The summed E-state index contributed by atoms with van der Waals surface area (Å²) in [6.07, 6.45) is 1.97. The van der Waals surface area contributed by atoms with E-state index < -0.39 is 14.0 Å². The first-order chi connectivity index (χ1) is 7.89. The summed E-state index contributed by atoms with van der Waals surface area (Å²) >= 11 is 0. The molecule has 0 amide bonds. The van der Waals surface area contributed by atoms with Crippen LogP contribution in [-0.2, 0) is 4.79 Å². The van der Waals surface area contributed by atoms with E-state index in [1.807, 2.05) is 36.4 Å². The molecule has 0 aromatic heterocycles. The Morgan fingerprint density at radius 3 is 2.35 bits per heavy atom. The molecule has 1 N–H and O–H groups in total. The molecule has 0 spiro atoms. The van der Waals surface area contributed by atoms with Gasteiger partial charge in [0.1, 0.15) is 0 Å². The van der Waals surface area contributed by atoms with Gasteiger partial charge in [-0.25, -0.2) is 0 Å². The summed E-state index contributed by atoms with van der Waals surface area (Å²) in [6.45, 7) is 6.41. The highest BCUT2D eigenvalue weighted by molar-refractivity contribution is 6.83. The lowest BCUT2D eigenvalue weighted by molar-refractivity contribution is -0.136. The van der Waals surface area contributed by atoms with Crippen molar-refractivity contribution in [2.45, 2.75) is 26.1 Å². The van der Waals surface area contributed by atoms with Crippen molar-refractivity contribution in [3.63, 3.8) is 0 Å². The van der Waals surface area contributed by atoms with E-state index in [1.54, 1.807) is 0 Å². The van der Waals surface area contributed by atoms with Crippen LogP contribution < -0.4 is 0 Å². The lowest BCUT2D eigenvalue weighted by Crippen LogP contribution is -2.25. The van der Waals surface area contributed by atoms with E-state index in [1.165, 1.54) is 0 Å². The van der Waals surface area contributed by atoms with Gasteiger partial charge in [0.05, 0.1) is 14.5 Å². The van der Waals surface area contributed by atoms with Gasteiger partial charge in [-0.2, -0.15) is 0 Å². The van der Waals surface area contributed by atoms with Gasteiger partial charge >= 0.3 is 5.97 Å². The summed E-state index contributed by atoms with van der Waals surface area (Å²) in [5.74, 6) is -0.781. The highest BCUT2D eigenvalue weighted by Crippen LogP contribution is 2.17. The summed E-state index contributed by atoms with van der Waals surface area (Å²) in [4.78, 5) is 10.8. The van der Waals surface area contributed by atoms with Crippen LogP contribution in [0.5, 0.6) is 0 Å². The van der Waals surface area contributed by atoms with Crippen LogP contribution in [0.3, 0.4) is 0 Å². The van der Waals surface area contributed by atoms with E-state index in [2.05, 4.69) is 25.4 Å². The van der Waals surface area contributed by atoms with Crippen LogP contribution in [0.15, 0.2) is 41.3 Å². The van der Waals surface area contributed by atoms with Crippen molar-refractivity contribution in [1.29, 1.82) is 0 Å². The molecule has 1 rings (SSSR count). The smallest absolute Gasteiger partial charge is 0.307 e. The zero-order chi connectivity index (χ0) is 12.9. The van der Waals surface area contributed by atoms with Gasteiger partial charge in [0, 0.05) is 0 Å². The van der Waals surface area contributed by atoms with Gasteiger partial charge in [-0.05, 0) is 16.8 Å². The van der Waals surface area contributed by atoms with Crippen LogP contribution in [0.2, 0.25) is 19.6 Å². The van der Waals surface area contributed by atoms with Crippen LogP contribution in [0.4, 0.5) is 0 Å². The summed E-state index contributed by atoms with van der Waals surface area (Å²) in [7, 11) is -1.61. The number of hydrogen-bond acceptors (Lipinski definition) is 1. The minimum Gasteiger partial charge on any atom is -0.481 e. The Morgan fingerprint density at radius 2 is 1.88 bits per heavy atom. The molecule has 3 heteroatoms. The van der Waals surface area contributed by atoms with Gasteiger partial charge in [0.25, 0.3) is 0 Å². The van der Waals surface area contributed by atoms with Gasteiger partial charge in [-0.1, -0.05) is 50.0 Å².